The molecule has 18 heavy (non-hydrogen) atoms. The average Bonchev–Trinajstić information content (AvgIpc) is 2.34. The summed E-state index contributed by atoms with van der Waals surface area (Å²) in [6, 6.07) is 8.39. The number of hydrogen-bond donors (Lipinski definition) is 0. The van der Waals surface area contributed by atoms with Gasteiger partial charge >= 0.3 is 51.4 Å². The third-order valence-electron chi connectivity index (χ3n) is 2.00. The van der Waals surface area contributed by atoms with Gasteiger partial charge in [0.05, 0.1) is 18.1 Å². The minimum Gasteiger partial charge on any atom is -0.544 e. The van der Waals surface area contributed by atoms with E-state index in [1.165, 1.54) is 6.08 Å². The number of carboxylic acid groups (broad SMARTS) is 1. The first-order chi connectivity index (χ1) is 8.17. The van der Waals surface area contributed by atoms with Crippen LogP contribution >= 0.6 is 0 Å². The summed E-state index contributed by atoms with van der Waals surface area (Å²) in [5.74, 6) is -0.755. The Labute approximate surface area is 149 Å². The monoisotopic (exact) mass is 269 g/mol. The molecule has 0 aliphatic heterocycles. The fourth-order valence-electron chi connectivity index (χ4n) is 1.18. The van der Waals surface area contributed by atoms with Crippen LogP contribution in [0.2, 0.25) is 0 Å². The predicted molar refractivity (Wildman–Crippen MR) is 60.8 cm³/mol. The van der Waals surface area contributed by atoms with Crippen molar-refractivity contribution in [3.63, 3.8) is 0 Å². The molecular weight excluding hydrogens is 257 g/mol. The van der Waals surface area contributed by atoms with Crippen molar-refractivity contribution in [3.8, 4) is 11.8 Å². The number of ether oxygens (including phenoxy) is 1. The largest absolute Gasteiger partial charge is 1.00 e. The van der Waals surface area contributed by atoms with E-state index in [1.807, 2.05) is 6.92 Å². The molecule has 0 saturated carbocycles. The fraction of sp³-hybridized carbons (Fsp3) is 0.231. The van der Waals surface area contributed by atoms with Gasteiger partial charge in [0.25, 0.3) is 0 Å². The van der Waals surface area contributed by atoms with Gasteiger partial charge in [-0.15, -0.1) is 0 Å². The summed E-state index contributed by atoms with van der Waals surface area (Å²) in [5, 5.41) is 19.1. The number of nitriles is 1. The number of rotatable bonds is 5. The molecule has 1 aromatic carbocycles. The molecule has 0 atom stereocenters. The van der Waals surface area contributed by atoms with Crippen molar-refractivity contribution in [2.75, 3.05) is 6.61 Å². The van der Waals surface area contributed by atoms with E-state index < -0.39 is 11.5 Å². The van der Waals surface area contributed by atoms with Crippen molar-refractivity contribution in [1.82, 2.24) is 0 Å². The molecule has 0 unspecified atom stereocenters. The van der Waals surface area contributed by atoms with Crippen LogP contribution in [0.25, 0.3) is 6.08 Å². The van der Waals surface area contributed by atoms with Crippen LogP contribution in [0.15, 0.2) is 29.8 Å². The van der Waals surface area contributed by atoms with Gasteiger partial charge in [-0.25, -0.2) is 0 Å². The average molecular weight is 269 g/mol. The number of carbonyl (C=O) groups excluding carboxylic acids is 1. The number of hydrogen-bond acceptors (Lipinski definition) is 4. The summed E-state index contributed by atoms with van der Waals surface area (Å²) >= 11 is 0. The van der Waals surface area contributed by atoms with Gasteiger partial charge in [0.1, 0.15) is 11.8 Å². The van der Waals surface area contributed by atoms with Crippen LogP contribution in [-0.4, -0.2) is 12.6 Å². The molecule has 0 aromatic heterocycles. The number of aliphatic carboxylic acids is 1. The molecule has 0 saturated heterocycles. The van der Waals surface area contributed by atoms with E-state index in [1.54, 1.807) is 30.3 Å². The number of carboxylic acids is 1. The molecule has 0 radical (unpaired) electrons. The molecule has 0 aliphatic rings. The van der Waals surface area contributed by atoms with Gasteiger partial charge in [0, 0.05) is 0 Å². The second-order valence-electron chi connectivity index (χ2n) is 3.37. The summed E-state index contributed by atoms with van der Waals surface area (Å²) in [5.41, 5.74) is 0.224. The van der Waals surface area contributed by atoms with Crippen LogP contribution in [0.4, 0.5) is 0 Å². The zero-order chi connectivity index (χ0) is 12.7. The van der Waals surface area contributed by atoms with Gasteiger partial charge in [0.15, 0.2) is 0 Å². The quantitative estimate of drug-likeness (QED) is 0.357. The molecule has 0 N–H and O–H groups in total. The summed E-state index contributed by atoms with van der Waals surface area (Å²) in [7, 11) is 0. The summed E-state index contributed by atoms with van der Waals surface area (Å²) in [6.45, 7) is 2.65. The molecule has 0 fully saturated rings. The Hall–Kier alpha value is -0.644. The number of carbonyl (C=O) groups is 1. The maximum atomic E-state index is 10.5. The maximum absolute atomic E-state index is 10.5. The topological polar surface area (TPSA) is 73.1 Å². The first kappa shape index (κ1) is 17.4. The SMILES string of the molecule is CCCOc1ccc(/C=C(\C#N)C(=O)[O-])cc1.[K+]. The van der Waals surface area contributed by atoms with E-state index in [9.17, 15) is 9.90 Å². The van der Waals surface area contributed by atoms with E-state index in [-0.39, 0.29) is 51.4 Å². The van der Waals surface area contributed by atoms with Gasteiger partial charge in [-0.2, -0.15) is 5.26 Å². The second-order valence-corrected chi connectivity index (χ2v) is 3.37. The standard InChI is InChI=1S/C13H13NO3.K/c1-2-7-17-12-5-3-10(4-6-12)8-11(9-14)13(15)16;/h3-6,8H,2,7H2,1H3,(H,15,16);/q;+1/p-1/b11-8+;. The van der Waals surface area contributed by atoms with E-state index in [2.05, 4.69) is 0 Å². The smallest absolute Gasteiger partial charge is 0.544 e. The normalized spacial score (nSPS) is 10.1. The molecule has 0 aliphatic carbocycles. The molecular formula is C13H12KNO3. The van der Waals surface area contributed by atoms with E-state index >= 15 is 0 Å². The van der Waals surface area contributed by atoms with Gasteiger partial charge < -0.3 is 14.6 Å². The van der Waals surface area contributed by atoms with Gasteiger partial charge in [-0.05, 0) is 30.2 Å². The van der Waals surface area contributed by atoms with Gasteiger partial charge in [-0.1, -0.05) is 19.1 Å². The number of nitrogens with zero attached hydrogens (tertiary/aromatic N) is 1. The molecule has 0 spiro atoms. The Morgan fingerprint density at radius 2 is 2.06 bits per heavy atom. The Morgan fingerprint density at radius 1 is 1.44 bits per heavy atom. The molecule has 0 heterocycles. The molecule has 0 bridgehead atoms. The van der Waals surface area contributed by atoms with Crippen LogP contribution in [0.5, 0.6) is 5.75 Å². The van der Waals surface area contributed by atoms with E-state index in [0.717, 1.165) is 12.2 Å². The second kappa shape index (κ2) is 9.31. The number of benzene rings is 1. The van der Waals surface area contributed by atoms with Crippen molar-refractivity contribution in [1.29, 1.82) is 5.26 Å². The molecule has 1 rings (SSSR count). The van der Waals surface area contributed by atoms with Crippen molar-refractivity contribution in [2.24, 2.45) is 0 Å². The van der Waals surface area contributed by atoms with Crippen LogP contribution in [0, 0.1) is 11.3 Å². The van der Waals surface area contributed by atoms with Crippen LogP contribution in [-0.2, 0) is 4.79 Å². The van der Waals surface area contributed by atoms with Gasteiger partial charge in [-0.3, -0.25) is 0 Å². The first-order valence-electron chi connectivity index (χ1n) is 5.23. The molecule has 5 heteroatoms. The Balaban J connectivity index is 0.00000289. The third kappa shape index (κ3) is 5.80. The zero-order valence-electron chi connectivity index (χ0n) is 10.5. The molecule has 4 nitrogen and oxygen atoms in total. The molecule has 88 valence electrons. The minimum absolute atomic E-state index is 0. The minimum atomic E-state index is -1.47. The van der Waals surface area contributed by atoms with Crippen molar-refractivity contribution in [3.05, 3.63) is 35.4 Å². The van der Waals surface area contributed by atoms with E-state index in [4.69, 9.17) is 10.00 Å². The molecule has 0 amide bonds. The summed E-state index contributed by atoms with van der Waals surface area (Å²) < 4.78 is 5.37. The summed E-state index contributed by atoms with van der Waals surface area (Å²) in [6.07, 6.45) is 2.18. The first-order valence-corrected chi connectivity index (χ1v) is 5.23. The molecule has 1 aromatic rings. The third-order valence-corrected chi connectivity index (χ3v) is 2.00. The van der Waals surface area contributed by atoms with Gasteiger partial charge in [0.2, 0.25) is 0 Å². The van der Waals surface area contributed by atoms with Crippen LogP contribution in [0.3, 0.4) is 0 Å². The predicted octanol–water partition coefficient (Wildman–Crippen LogP) is -1.86. The Kier molecular flexibility index (Phi) is 8.98. The fourth-order valence-corrected chi connectivity index (χ4v) is 1.18. The van der Waals surface area contributed by atoms with Crippen molar-refractivity contribution in [2.45, 2.75) is 13.3 Å². The zero-order valence-corrected chi connectivity index (χ0v) is 13.6. The van der Waals surface area contributed by atoms with Crippen LogP contribution in [0.1, 0.15) is 18.9 Å². The summed E-state index contributed by atoms with van der Waals surface area (Å²) in [4.78, 5) is 10.5. The Bertz CT molecular complexity index is 460. The Morgan fingerprint density at radius 3 is 2.50 bits per heavy atom. The maximum Gasteiger partial charge on any atom is 1.00 e. The van der Waals surface area contributed by atoms with E-state index in [0.29, 0.717) is 12.2 Å². The van der Waals surface area contributed by atoms with Crippen molar-refractivity contribution < 1.29 is 66.0 Å². The van der Waals surface area contributed by atoms with Crippen LogP contribution < -0.4 is 61.2 Å². The van der Waals surface area contributed by atoms with Crippen molar-refractivity contribution >= 4 is 12.0 Å².